The molecule has 0 atom stereocenters. The summed E-state index contributed by atoms with van der Waals surface area (Å²) in [5, 5.41) is 8.41. The predicted molar refractivity (Wildman–Crippen MR) is 81.5 cm³/mol. The fourth-order valence-electron chi connectivity index (χ4n) is 1.91. The van der Waals surface area contributed by atoms with Crippen molar-refractivity contribution in [3.05, 3.63) is 45.7 Å². The molecule has 0 radical (unpaired) electrons. The molecule has 0 bridgehead atoms. The average Bonchev–Trinajstić information content (AvgIpc) is 2.86. The molecular formula is C14H17Cl2N3O. The first-order valence-corrected chi connectivity index (χ1v) is 7.16. The van der Waals surface area contributed by atoms with Crippen molar-refractivity contribution in [1.82, 2.24) is 15.1 Å². The van der Waals surface area contributed by atoms with Crippen LogP contribution in [-0.4, -0.2) is 16.8 Å². The van der Waals surface area contributed by atoms with E-state index in [4.69, 9.17) is 27.9 Å². The Hall–Kier alpha value is -1.23. The quantitative estimate of drug-likeness (QED) is 0.887. The normalized spacial score (nSPS) is 10.8. The highest BCUT2D eigenvalue weighted by Crippen LogP contribution is 2.33. The zero-order valence-corrected chi connectivity index (χ0v) is 13.0. The molecule has 4 nitrogen and oxygen atoms in total. The van der Waals surface area contributed by atoms with Gasteiger partial charge in [-0.05, 0) is 26.1 Å². The molecule has 1 aromatic carbocycles. The SMILES string of the molecule is CCn1cc(COc2c(Cl)cc(Cl)cc2CNC)cn1. The molecule has 1 N–H and O–H groups in total. The molecule has 0 aliphatic carbocycles. The number of hydrogen-bond acceptors (Lipinski definition) is 3. The summed E-state index contributed by atoms with van der Waals surface area (Å²) in [5.41, 5.74) is 1.95. The average molecular weight is 314 g/mol. The number of hydrogen-bond donors (Lipinski definition) is 1. The van der Waals surface area contributed by atoms with Crippen LogP contribution in [-0.2, 0) is 19.7 Å². The minimum absolute atomic E-state index is 0.429. The lowest BCUT2D eigenvalue weighted by atomic mass is 10.2. The lowest BCUT2D eigenvalue weighted by Gasteiger charge is -2.13. The van der Waals surface area contributed by atoms with Gasteiger partial charge in [0.15, 0.2) is 0 Å². The standard InChI is InChI=1S/C14H17Cl2N3O/c1-3-19-8-10(6-18-19)9-20-14-11(7-17-2)4-12(15)5-13(14)16/h4-6,8,17H,3,7,9H2,1-2H3. The number of halogens is 2. The Morgan fingerprint density at radius 3 is 2.80 bits per heavy atom. The molecule has 6 heteroatoms. The number of aryl methyl sites for hydroxylation is 1. The van der Waals surface area contributed by atoms with Gasteiger partial charge >= 0.3 is 0 Å². The summed E-state index contributed by atoms with van der Waals surface area (Å²) < 4.78 is 7.69. The van der Waals surface area contributed by atoms with E-state index in [2.05, 4.69) is 10.4 Å². The minimum Gasteiger partial charge on any atom is -0.487 e. The lowest BCUT2D eigenvalue weighted by molar-refractivity contribution is 0.302. The number of rotatable bonds is 6. The third-order valence-corrected chi connectivity index (χ3v) is 3.35. The molecule has 0 aliphatic heterocycles. The summed E-state index contributed by atoms with van der Waals surface area (Å²) in [4.78, 5) is 0. The number of ether oxygens (including phenoxy) is 1. The molecular weight excluding hydrogens is 297 g/mol. The first-order chi connectivity index (χ1) is 9.63. The Morgan fingerprint density at radius 1 is 1.35 bits per heavy atom. The Morgan fingerprint density at radius 2 is 2.15 bits per heavy atom. The van der Waals surface area contributed by atoms with Crippen LogP contribution in [0, 0.1) is 0 Å². The number of nitrogens with one attached hydrogen (secondary N) is 1. The largest absolute Gasteiger partial charge is 0.487 e. The first kappa shape index (κ1) is 15.2. The van der Waals surface area contributed by atoms with Gasteiger partial charge in [0.25, 0.3) is 0 Å². The van der Waals surface area contributed by atoms with Crippen LogP contribution < -0.4 is 10.1 Å². The monoisotopic (exact) mass is 313 g/mol. The highest BCUT2D eigenvalue weighted by Gasteiger charge is 2.11. The summed E-state index contributed by atoms with van der Waals surface area (Å²) in [6.45, 7) is 3.95. The van der Waals surface area contributed by atoms with E-state index in [-0.39, 0.29) is 0 Å². The third kappa shape index (κ3) is 3.66. The summed E-state index contributed by atoms with van der Waals surface area (Å²) in [6, 6.07) is 3.54. The van der Waals surface area contributed by atoms with Gasteiger partial charge < -0.3 is 10.1 Å². The third-order valence-electron chi connectivity index (χ3n) is 2.85. The van der Waals surface area contributed by atoms with Crippen molar-refractivity contribution < 1.29 is 4.74 Å². The predicted octanol–water partition coefficient (Wildman–Crippen LogP) is 3.51. The Labute approximate surface area is 128 Å². The Kier molecular flexibility index (Phi) is 5.29. The zero-order chi connectivity index (χ0) is 14.5. The van der Waals surface area contributed by atoms with Crippen molar-refractivity contribution in [2.24, 2.45) is 0 Å². The van der Waals surface area contributed by atoms with E-state index in [0.29, 0.717) is 28.9 Å². The van der Waals surface area contributed by atoms with Gasteiger partial charge in [-0.1, -0.05) is 23.2 Å². The van der Waals surface area contributed by atoms with Crippen molar-refractivity contribution in [3.8, 4) is 5.75 Å². The van der Waals surface area contributed by atoms with Crippen molar-refractivity contribution in [2.45, 2.75) is 26.6 Å². The molecule has 0 unspecified atom stereocenters. The molecule has 1 aromatic heterocycles. The molecule has 0 fully saturated rings. The van der Waals surface area contributed by atoms with Gasteiger partial charge in [0, 0.05) is 35.4 Å². The van der Waals surface area contributed by atoms with E-state index in [1.807, 2.05) is 30.9 Å². The molecule has 108 valence electrons. The van der Waals surface area contributed by atoms with Gasteiger partial charge in [-0.25, -0.2) is 0 Å². The van der Waals surface area contributed by atoms with Crippen molar-refractivity contribution in [3.63, 3.8) is 0 Å². The van der Waals surface area contributed by atoms with Crippen LogP contribution in [0.5, 0.6) is 5.75 Å². The van der Waals surface area contributed by atoms with E-state index in [1.54, 1.807) is 12.3 Å². The fourth-order valence-corrected chi connectivity index (χ4v) is 2.50. The molecule has 2 aromatic rings. The first-order valence-electron chi connectivity index (χ1n) is 6.40. The summed E-state index contributed by atoms with van der Waals surface area (Å²) in [5.74, 6) is 0.662. The van der Waals surface area contributed by atoms with E-state index in [0.717, 1.165) is 17.7 Å². The second kappa shape index (κ2) is 6.97. The molecule has 0 saturated heterocycles. The van der Waals surface area contributed by atoms with Crippen LogP contribution >= 0.6 is 23.2 Å². The fraction of sp³-hybridized carbons (Fsp3) is 0.357. The van der Waals surface area contributed by atoms with Crippen LogP contribution in [0.1, 0.15) is 18.1 Å². The molecule has 0 spiro atoms. The van der Waals surface area contributed by atoms with Crippen molar-refractivity contribution in [1.29, 1.82) is 0 Å². The van der Waals surface area contributed by atoms with Crippen LogP contribution in [0.15, 0.2) is 24.5 Å². The van der Waals surface area contributed by atoms with Crippen LogP contribution in [0.4, 0.5) is 0 Å². The summed E-state index contributed by atoms with van der Waals surface area (Å²) in [6.07, 6.45) is 3.76. The second-order valence-corrected chi connectivity index (χ2v) is 5.24. The molecule has 0 saturated carbocycles. The van der Waals surface area contributed by atoms with E-state index in [1.165, 1.54) is 0 Å². The Bertz CT molecular complexity index is 584. The topological polar surface area (TPSA) is 39.1 Å². The zero-order valence-electron chi connectivity index (χ0n) is 11.5. The minimum atomic E-state index is 0.429. The highest BCUT2D eigenvalue weighted by molar-refractivity contribution is 6.35. The number of aromatic nitrogens is 2. The van der Waals surface area contributed by atoms with Crippen LogP contribution in [0.3, 0.4) is 0 Å². The molecule has 0 amide bonds. The lowest BCUT2D eigenvalue weighted by Crippen LogP contribution is -2.08. The second-order valence-electron chi connectivity index (χ2n) is 4.40. The van der Waals surface area contributed by atoms with E-state index in [9.17, 15) is 0 Å². The number of benzene rings is 1. The smallest absolute Gasteiger partial charge is 0.142 e. The molecule has 20 heavy (non-hydrogen) atoms. The van der Waals surface area contributed by atoms with Gasteiger partial charge in [0.2, 0.25) is 0 Å². The van der Waals surface area contributed by atoms with Crippen molar-refractivity contribution in [2.75, 3.05) is 7.05 Å². The van der Waals surface area contributed by atoms with Gasteiger partial charge in [-0.3, -0.25) is 4.68 Å². The number of nitrogens with zero attached hydrogens (tertiary/aromatic N) is 2. The van der Waals surface area contributed by atoms with Gasteiger partial charge in [-0.15, -0.1) is 0 Å². The maximum atomic E-state index is 6.21. The highest BCUT2D eigenvalue weighted by atomic mass is 35.5. The van der Waals surface area contributed by atoms with Crippen LogP contribution in [0.2, 0.25) is 10.0 Å². The Balaban J connectivity index is 2.15. The molecule has 1 heterocycles. The molecule has 0 aliphatic rings. The van der Waals surface area contributed by atoms with Gasteiger partial charge in [0.05, 0.1) is 11.2 Å². The van der Waals surface area contributed by atoms with Gasteiger partial charge in [-0.2, -0.15) is 5.10 Å². The van der Waals surface area contributed by atoms with E-state index < -0.39 is 0 Å². The van der Waals surface area contributed by atoms with Crippen LogP contribution in [0.25, 0.3) is 0 Å². The summed E-state index contributed by atoms with van der Waals surface area (Å²) in [7, 11) is 1.86. The maximum absolute atomic E-state index is 6.21. The van der Waals surface area contributed by atoms with Crippen molar-refractivity contribution >= 4 is 23.2 Å². The van der Waals surface area contributed by atoms with Gasteiger partial charge in [0.1, 0.15) is 12.4 Å². The molecule has 2 rings (SSSR count). The van der Waals surface area contributed by atoms with E-state index >= 15 is 0 Å². The summed E-state index contributed by atoms with van der Waals surface area (Å²) >= 11 is 12.2. The maximum Gasteiger partial charge on any atom is 0.142 e.